The monoisotopic (exact) mass is 521 g/mol. The molecular weight excluding hydrogens is 496 g/mol. The van der Waals surface area contributed by atoms with Gasteiger partial charge in [-0.25, -0.2) is 13.8 Å². The van der Waals surface area contributed by atoms with Crippen molar-refractivity contribution in [2.75, 3.05) is 24.9 Å². The van der Waals surface area contributed by atoms with Crippen LogP contribution >= 0.6 is 0 Å². The van der Waals surface area contributed by atoms with E-state index in [9.17, 15) is 9.59 Å². The minimum atomic E-state index is -1.13. The maximum absolute atomic E-state index is 15.1. The van der Waals surface area contributed by atoms with Crippen molar-refractivity contribution in [2.24, 2.45) is 0 Å². The van der Waals surface area contributed by atoms with Gasteiger partial charge >= 0.3 is 0 Å². The Labute approximate surface area is 217 Å². The van der Waals surface area contributed by atoms with Gasteiger partial charge in [-0.05, 0) is 42.5 Å². The number of ether oxygens (including phenoxy) is 2. The third kappa shape index (κ3) is 5.31. The molecule has 1 amide bonds. The van der Waals surface area contributed by atoms with E-state index in [1.54, 1.807) is 12.1 Å². The molecule has 0 atom stereocenters. The van der Waals surface area contributed by atoms with Crippen LogP contribution < -0.4 is 25.4 Å². The Balaban J connectivity index is 1.74. The number of carbonyl (C=O) groups excluding carboxylic acids is 2. The number of methoxy groups -OCH3 is 2. The molecule has 38 heavy (non-hydrogen) atoms. The molecule has 196 valence electrons. The lowest BCUT2D eigenvalue weighted by molar-refractivity contribution is -0.115. The predicted molar refractivity (Wildman–Crippen MR) is 140 cm³/mol. The highest BCUT2D eigenvalue weighted by Gasteiger charge is 2.30. The number of halogens is 2. The highest BCUT2D eigenvalue weighted by Crippen LogP contribution is 2.36. The number of carbonyl (C=O) groups is 2. The van der Waals surface area contributed by atoms with Crippen LogP contribution in [-0.2, 0) is 4.79 Å². The van der Waals surface area contributed by atoms with Crippen molar-refractivity contribution in [3.05, 3.63) is 78.2 Å². The number of hydrogen-bond acceptors (Lipinski definition) is 7. The lowest BCUT2D eigenvalue weighted by Crippen LogP contribution is -2.28. The highest BCUT2D eigenvalue weighted by molar-refractivity contribution is 6.15. The Bertz CT molecular complexity index is 1470. The zero-order valence-electron chi connectivity index (χ0n) is 20.7. The quantitative estimate of drug-likeness (QED) is 0.134. The van der Waals surface area contributed by atoms with E-state index < -0.39 is 28.9 Å². The van der Waals surface area contributed by atoms with Crippen LogP contribution in [0.15, 0.2) is 55.4 Å². The fourth-order valence-corrected chi connectivity index (χ4v) is 3.70. The van der Waals surface area contributed by atoms with Crippen molar-refractivity contribution in [1.82, 2.24) is 10.3 Å². The van der Waals surface area contributed by atoms with Gasteiger partial charge in [-0.15, -0.1) is 0 Å². The number of amides is 1. The summed E-state index contributed by atoms with van der Waals surface area (Å²) < 4.78 is 40.2. The van der Waals surface area contributed by atoms with Crippen molar-refractivity contribution in [2.45, 2.75) is 18.9 Å². The number of benzene rings is 2. The number of amidine groups is 1. The average molecular weight is 522 g/mol. The zero-order chi connectivity index (χ0) is 27.6. The Morgan fingerprint density at radius 1 is 1.08 bits per heavy atom. The van der Waals surface area contributed by atoms with Gasteiger partial charge in [-0.3, -0.25) is 15.0 Å². The van der Waals surface area contributed by atoms with Gasteiger partial charge in [0.15, 0.2) is 23.1 Å². The summed E-state index contributed by atoms with van der Waals surface area (Å²) in [4.78, 5) is 29.3. The molecule has 0 aliphatic heterocycles. The Hall–Kier alpha value is -4.80. The number of nitrogens with one attached hydrogen (secondary N) is 4. The second-order valence-corrected chi connectivity index (χ2v) is 8.52. The largest absolute Gasteiger partial charge is 0.494 e. The summed E-state index contributed by atoms with van der Waals surface area (Å²) in [6.45, 7) is 6.98. The average Bonchev–Trinajstić information content (AvgIpc) is 3.72. The molecule has 4 N–H and O–H groups in total. The van der Waals surface area contributed by atoms with Crippen LogP contribution in [0.5, 0.6) is 11.5 Å². The molecule has 2 aromatic carbocycles. The van der Waals surface area contributed by atoms with Crippen molar-refractivity contribution in [1.29, 1.82) is 5.41 Å². The standard InChI is InChI=1S/C27H25F2N5O4/c1-5-22(35)32-13(2)27(30)34-21-10-14-9-18(33-16-6-7-16)17(8-15(14)12-31-21)26(36)23-24(28)19(37-3)11-20(38-4)25(23)29/h5,8-12,16,33H,1-2,6-7H2,3-4H3,(H,32,35)(H2,30,31,34). The van der Waals surface area contributed by atoms with Crippen molar-refractivity contribution in [3.63, 3.8) is 0 Å². The first kappa shape index (κ1) is 26.3. The molecule has 1 fully saturated rings. The van der Waals surface area contributed by atoms with E-state index in [-0.39, 0.29) is 40.5 Å². The highest BCUT2D eigenvalue weighted by atomic mass is 19.1. The molecule has 1 aliphatic rings. The number of rotatable bonds is 10. The molecule has 1 saturated carbocycles. The second kappa shape index (κ2) is 10.7. The van der Waals surface area contributed by atoms with E-state index in [1.165, 1.54) is 26.5 Å². The molecular formula is C27H25F2N5O4. The first-order chi connectivity index (χ1) is 18.2. The van der Waals surface area contributed by atoms with E-state index in [0.717, 1.165) is 25.0 Å². The van der Waals surface area contributed by atoms with Crippen LogP contribution in [0.2, 0.25) is 0 Å². The molecule has 3 aromatic rings. The molecule has 1 aromatic heterocycles. The maximum Gasteiger partial charge on any atom is 0.247 e. The van der Waals surface area contributed by atoms with Crippen LogP contribution in [-0.4, -0.2) is 42.8 Å². The summed E-state index contributed by atoms with van der Waals surface area (Å²) in [7, 11) is 2.42. The molecule has 0 spiro atoms. The molecule has 1 heterocycles. The van der Waals surface area contributed by atoms with E-state index in [1.807, 2.05) is 0 Å². The van der Waals surface area contributed by atoms with Gasteiger partial charge in [0.25, 0.3) is 0 Å². The number of pyridine rings is 1. The second-order valence-electron chi connectivity index (χ2n) is 8.52. The smallest absolute Gasteiger partial charge is 0.247 e. The minimum Gasteiger partial charge on any atom is -0.494 e. The van der Waals surface area contributed by atoms with Gasteiger partial charge in [0.1, 0.15) is 17.2 Å². The number of anilines is 2. The van der Waals surface area contributed by atoms with Gasteiger partial charge < -0.3 is 25.4 Å². The summed E-state index contributed by atoms with van der Waals surface area (Å²) in [5, 5.41) is 17.6. The first-order valence-corrected chi connectivity index (χ1v) is 11.5. The minimum absolute atomic E-state index is 0.0200. The van der Waals surface area contributed by atoms with Crippen LogP contribution in [0.4, 0.5) is 20.3 Å². The molecule has 4 rings (SSSR count). The normalized spacial score (nSPS) is 12.4. The van der Waals surface area contributed by atoms with Crippen molar-refractivity contribution >= 4 is 39.8 Å². The molecule has 11 heteroatoms. The number of ketones is 1. The Kier molecular flexibility index (Phi) is 7.38. The summed E-state index contributed by atoms with van der Waals surface area (Å²) >= 11 is 0. The molecule has 9 nitrogen and oxygen atoms in total. The molecule has 1 aliphatic carbocycles. The van der Waals surface area contributed by atoms with E-state index >= 15 is 8.78 Å². The number of aromatic nitrogens is 1. The van der Waals surface area contributed by atoms with Crippen LogP contribution in [0.3, 0.4) is 0 Å². The van der Waals surface area contributed by atoms with E-state index in [0.29, 0.717) is 16.5 Å². The van der Waals surface area contributed by atoms with Crippen LogP contribution in [0, 0.1) is 17.0 Å². The van der Waals surface area contributed by atoms with Crippen molar-refractivity contribution < 1.29 is 27.8 Å². The van der Waals surface area contributed by atoms with Gasteiger partial charge in [0.05, 0.1) is 19.9 Å². The SMILES string of the molecule is C=CC(=O)NC(=C)C(=N)Nc1cc2cc(NC3CC3)c(C(=O)c3c(F)c(OC)cc(OC)c3F)cc2cn1. The van der Waals surface area contributed by atoms with Gasteiger partial charge in [-0.1, -0.05) is 13.2 Å². The third-order valence-corrected chi connectivity index (χ3v) is 5.85. The lowest BCUT2D eigenvalue weighted by Gasteiger charge is -2.16. The Morgan fingerprint density at radius 3 is 2.32 bits per heavy atom. The fourth-order valence-electron chi connectivity index (χ4n) is 3.70. The summed E-state index contributed by atoms with van der Waals surface area (Å²) in [6, 6.07) is 5.97. The summed E-state index contributed by atoms with van der Waals surface area (Å²) in [5.74, 6) is -4.22. The predicted octanol–water partition coefficient (Wildman–Crippen LogP) is 4.54. The van der Waals surface area contributed by atoms with E-state index in [4.69, 9.17) is 14.9 Å². The van der Waals surface area contributed by atoms with Crippen LogP contribution in [0.1, 0.15) is 28.8 Å². The van der Waals surface area contributed by atoms with Gasteiger partial charge in [0, 0.05) is 34.9 Å². The maximum atomic E-state index is 15.1. The van der Waals surface area contributed by atoms with Crippen molar-refractivity contribution in [3.8, 4) is 11.5 Å². The molecule has 0 saturated heterocycles. The molecule has 0 bridgehead atoms. The van der Waals surface area contributed by atoms with E-state index in [2.05, 4.69) is 34.1 Å². The summed E-state index contributed by atoms with van der Waals surface area (Å²) in [6.07, 6.45) is 4.28. The summed E-state index contributed by atoms with van der Waals surface area (Å²) in [5.41, 5.74) is -0.334. The fraction of sp³-hybridized carbons (Fsp3) is 0.185. The molecule has 0 radical (unpaired) electrons. The van der Waals surface area contributed by atoms with Crippen LogP contribution in [0.25, 0.3) is 10.8 Å². The number of nitrogens with zero attached hydrogens (tertiary/aromatic N) is 1. The topological polar surface area (TPSA) is 125 Å². The Morgan fingerprint density at radius 2 is 1.74 bits per heavy atom. The van der Waals surface area contributed by atoms with Gasteiger partial charge in [-0.2, -0.15) is 0 Å². The van der Waals surface area contributed by atoms with Gasteiger partial charge in [0.2, 0.25) is 11.7 Å². The zero-order valence-corrected chi connectivity index (χ0v) is 20.7. The number of fused-ring (bicyclic) bond motifs is 1. The third-order valence-electron chi connectivity index (χ3n) is 5.85. The molecule has 0 unspecified atom stereocenters. The lowest BCUT2D eigenvalue weighted by atomic mass is 9.97. The first-order valence-electron chi connectivity index (χ1n) is 11.5. The number of hydrogen-bond donors (Lipinski definition) is 4.